The number of hydrogen-bond donors (Lipinski definition) is 1. The molecular formula is C20H28N4. The van der Waals surface area contributed by atoms with Gasteiger partial charge in [-0.15, -0.1) is 0 Å². The Morgan fingerprint density at radius 2 is 2.12 bits per heavy atom. The van der Waals surface area contributed by atoms with Crippen LogP contribution < -0.4 is 5.32 Å². The average molecular weight is 324 g/mol. The number of rotatable bonds is 3. The quantitative estimate of drug-likeness (QED) is 0.926. The van der Waals surface area contributed by atoms with Crippen LogP contribution in [0.1, 0.15) is 54.6 Å². The highest BCUT2D eigenvalue weighted by Gasteiger charge is 2.32. The standard InChI is InChI=1S/C20H28N4/c1-4-23-12-6-5-7-17(23)19-16-10-11-21-20(16)24(22-19)18-13-14(2)8-9-15(18)3/h8-9,13,17,21H,4-7,10-12H2,1-3H3. The molecule has 1 atom stereocenters. The highest BCUT2D eigenvalue weighted by atomic mass is 15.4. The normalized spacial score (nSPS) is 20.9. The third-order valence-corrected chi connectivity index (χ3v) is 5.61. The fourth-order valence-electron chi connectivity index (χ4n) is 4.27. The molecule has 0 spiro atoms. The first-order valence-electron chi connectivity index (χ1n) is 9.36. The molecule has 1 fully saturated rings. The van der Waals surface area contributed by atoms with Gasteiger partial charge >= 0.3 is 0 Å². The molecule has 24 heavy (non-hydrogen) atoms. The van der Waals surface area contributed by atoms with Crippen LogP contribution >= 0.6 is 0 Å². The van der Waals surface area contributed by atoms with Crippen molar-refractivity contribution in [3.8, 4) is 5.69 Å². The molecule has 0 aliphatic carbocycles. The fraction of sp³-hybridized carbons (Fsp3) is 0.550. The van der Waals surface area contributed by atoms with E-state index in [2.05, 4.69) is 53.9 Å². The van der Waals surface area contributed by atoms with Crippen molar-refractivity contribution in [2.75, 3.05) is 25.0 Å². The largest absolute Gasteiger partial charge is 0.369 e. The van der Waals surface area contributed by atoms with Gasteiger partial charge in [-0.25, -0.2) is 4.68 Å². The number of likely N-dealkylation sites (tertiary alicyclic amines) is 1. The van der Waals surface area contributed by atoms with E-state index in [0.29, 0.717) is 6.04 Å². The first-order chi connectivity index (χ1) is 11.7. The number of aryl methyl sites for hydroxylation is 2. The Labute approximate surface area is 144 Å². The van der Waals surface area contributed by atoms with E-state index in [1.54, 1.807) is 0 Å². The topological polar surface area (TPSA) is 33.1 Å². The van der Waals surface area contributed by atoms with Crippen LogP contribution in [0, 0.1) is 13.8 Å². The van der Waals surface area contributed by atoms with Crippen LogP contribution in [0.2, 0.25) is 0 Å². The molecule has 2 aliphatic heterocycles. The minimum Gasteiger partial charge on any atom is -0.369 e. The Bertz CT molecular complexity index is 746. The number of aromatic nitrogens is 2. The van der Waals surface area contributed by atoms with E-state index in [1.807, 2.05) is 0 Å². The van der Waals surface area contributed by atoms with Crippen molar-refractivity contribution >= 4 is 5.82 Å². The zero-order valence-electron chi connectivity index (χ0n) is 15.1. The van der Waals surface area contributed by atoms with Crippen molar-refractivity contribution in [1.29, 1.82) is 0 Å². The molecule has 0 radical (unpaired) electrons. The van der Waals surface area contributed by atoms with Crippen LogP contribution in [0.5, 0.6) is 0 Å². The van der Waals surface area contributed by atoms with Crippen molar-refractivity contribution in [2.24, 2.45) is 0 Å². The number of benzene rings is 1. The minimum atomic E-state index is 0.490. The van der Waals surface area contributed by atoms with Crippen LogP contribution in [0.4, 0.5) is 5.82 Å². The predicted molar refractivity (Wildman–Crippen MR) is 99.1 cm³/mol. The average Bonchev–Trinajstić information content (AvgIpc) is 3.19. The fourth-order valence-corrected chi connectivity index (χ4v) is 4.27. The summed E-state index contributed by atoms with van der Waals surface area (Å²) in [6.45, 7) is 9.96. The molecule has 0 bridgehead atoms. The summed E-state index contributed by atoms with van der Waals surface area (Å²) in [5.41, 5.74) is 6.54. The van der Waals surface area contributed by atoms with Gasteiger partial charge in [-0.2, -0.15) is 5.10 Å². The van der Waals surface area contributed by atoms with Crippen LogP contribution in [0.3, 0.4) is 0 Å². The second-order valence-electron chi connectivity index (χ2n) is 7.23. The molecule has 0 amide bonds. The Kier molecular flexibility index (Phi) is 4.09. The van der Waals surface area contributed by atoms with Crippen LogP contribution in [-0.2, 0) is 6.42 Å². The summed E-state index contributed by atoms with van der Waals surface area (Å²) in [6, 6.07) is 7.12. The van der Waals surface area contributed by atoms with E-state index in [1.165, 1.54) is 59.7 Å². The number of piperidine rings is 1. The van der Waals surface area contributed by atoms with E-state index < -0.39 is 0 Å². The van der Waals surface area contributed by atoms with E-state index in [-0.39, 0.29) is 0 Å². The Balaban J connectivity index is 1.82. The zero-order valence-corrected chi connectivity index (χ0v) is 15.1. The van der Waals surface area contributed by atoms with E-state index in [4.69, 9.17) is 5.10 Å². The molecule has 1 saturated heterocycles. The number of anilines is 1. The summed E-state index contributed by atoms with van der Waals surface area (Å²) in [5.74, 6) is 1.22. The Morgan fingerprint density at radius 3 is 2.96 bits per heavy atom. The van der Waals surface area contributed by atoms with Gasteiger partial charge in [0.1, 0.15) is 5.82 Å². The lowest BCUT2D eigenvalue weighted by atomic mass is 9.96. The smallest absolute Gasteiger partial charge is 0.133 e. The van der Waals surface area contributed by atoms with Gasteiger partial charge in [-0.3, -0.25) is 4.90 Å². The Hall–Kier alpha value is -1.81. The lowest BCUT2D eigenvalue weighted by Gasteiger charge is -2.34. The molecular weight excluding hydrogens is 296 g/mol. The molecule has 2 aliphatic rings. The van der Waals surface area contributed by atoms with E-state index in [9.17, 15) is 0 Å². The molecule has 0 saturated carbocycles. The number of hydrogen-bond acceptors (Lipinski definition) is 3. The predicted octanol–water partition coefficient (Wildman–Crippen LogP) is 4.00. The number of fused-ring (bicyclic) bond motifs is 1. The van der Waals surface area contributed by atoms with Crippen LogP contribution in [0.25, 0.3) is 5.69 Å². The van der Waals surface area contributed by atoms with Gasteiger partial charge in [0.15, 0.2) is 0 Å². The highest BCUT2D eigenvalue weighted by Crippen LogP contribution is 2.38. The monoisotopic (exact) mass is 324 g/mol. The van der Waals surface area contributed by atoms with Crippen molar-refractivity contribution in [3.63, 3.8) is 0 Å². The van der Waals surface area contributed by atoms with Crippen molar-refractivity contribution in [3.05, 3.63) is 40.6 Å². The highest BCUT2D eigenvalue weighted by molar-refractivity contribution is 5.59. The lowest BCUT2D eigenvalue weighted by molar-refractivity contribution is 0.153. The molecule has 1 aromatic carbocycles. The summed E-state index contributed by atoms with van der Waals surface area (Å²) in [4.78, 5) is 2.61. The van der Waals surface area contributed by atoms with Crippen molar-refractivity contribution < 1.29 is 0 Å². The second-order valence-corrected chi connectivity index (χ2v) is 7.23. The molecule has 4 nitrogen and oxygen atoms in total. The molecule has 1 N–H and O–H groups in total. The maximum absolute atomic E-state index is 5.14. The van der Waals surface area contributed by atoms with E-state index in [0.717, 1.165) is 19.5 Å². The Morgan fingerprint density at radius 1 is 1.25 bits per heavy atom. The summed E-state index contributed by atoms with van der Waals surface area (Å²) in [6.07, 6.45) is 4.98. The first-order valence-corrected chi connectivity index (χ1v) is 9.36. The summed E-state index contributed by atoms with van der Waals surface area (Å²) in [7, 11) is 0. The summed E-state index contributed by atoms with van der Waals surface area (Å²) < 4.78 is 2.17. The van der Waals surface area contributed by atoms with Crippen molar-refractivity contribution in [1.82, 2.24) is 14.7 Å². The maximum atomic E-state index is 5.14. The molecule has 1 unspecified atom stereocenters. The van der Waals surface area contributed by atoms with Gasteiger partial charge in [-0.05, 0) is 63.4 Å². The summed E-state index contributed by atoms with van der Waals surface area (Å²) in [5, 5.41) is 8.73. The lowest BCUT2D eigenvalue weighted by Crippen LogP contribution is -2.34. The molecule has 4 rings (SSSR count). The van der Waals surface area contributed by atoms with Crippen molar-refractivity contribution in [2.45, 2.75) is 52.5 Å². The molecule has 128 valence electrons. The maximum Gasteiger partial charge on any atom is 0.133 e. The third-order valence-electron chi connectivity index (χ3n) is 5.61. The van der Waals surface area contributed by atoms with Crippen LogP contribution in [0.15, 0.2) is 18.2 Å². The molecule has 1 aromatic heterocycles. The first kappa shape index (κ1) is 15.7. The number of nitrogens with one attached hydrogen (secondary N) is 1. The van der Waals surface area contributed by atoms with Gasteiger partial charge in [0, 0.05) is 12.1 Å². The van der Waals surface area contributed by atoms with Crippen LogP contribution in [-0.4, -0.2) is 34.3 Å². The van der Waals surface area contributed by atoms with E-state index >= 15 is 0 Å². The molecule has 2 aromatic rings. The van der Waals surface area contributed by atoms with Gasteiger partial charge in [-0.1, -0.05) is 25.5 Å². The molecule has 3 heterocycles. The number of nitrogens with zero attached hydrogens (tertiary/aromatic N) is 3. The van der Waals surface area contributed by atoms with Gasteiger partial charge in [0.2, 0.25) is 0 Å². The van der Waals surface area contributed by atoms with Gasteiger partial charge in [0.05, 0.1) is 17.4 Å². The summed E-state index contributed by atoms with van der Waals surface area (Å²) >= 11 is 0. The zero-order chi connectivity index (χ0) is 16.7. The van der Waals surface area contributed by atoms with Gasteiger partial charge < -0.3 is 5.32 Å². The molecule has 4 heteroatoms. The van der Waals surface area contributed by atoms with Gasteiger partial charge in [0.25, 0.3) is 0 Å². The second kappa shape index (κ2) is 6.25. The SMILES string of the molecule is CCN1CCCCC1c1nn(-c2cc(C)ccc2C)c2c1CCN2. The third kappa shape index (κ3) is 2.53. The minimum absolute atomic E-state index is 0.490.